The first kappa shape index (κ1) is 12.0. The Balaban J connectivity index is 1.93. The smallest absolute Gasteiger partial charge is 0.134 e. The standard InChI is InChI=1S/C12H21N3S/c1-3-10(13-4-2)12-15-14-11(16-12)8-9-6-5-7-9/h9-10,13H,3-8H2,1-2H3. The summed E-state index contributed by atoms with van der Waals surface area (Å²) in [7, 11) is 0. The van der Waals surface area contributed by atoms with Crippen LogP contribution in [0.2, 0.25) is 0 Å². The zero-order chi connectivity index (χ0) is 11.4. The number of nitrogens with zero attached hydrogens (tertiary/aromatic N) is 2. The average Bonchev–Trinajstić information content (AvgIpc) is 2.68. The van der Waals surface area contributed by atoms with Crippen molar-refractivity contribution in [1.29, 1.82) is 0 Å². The van der Waals surface area contributed by atoms with Gasteiger partial charge in [0.15, 0.2) is 0 Å². The molecular weight excluding hydrogens is 218 g/mol. The first-order valence-corrected chi connectivity index (χ1v) is 7.20. The summed E-state index contributed by atoms with van der Waals surface area (Å²) in [6.07, 6.45) is 6.43. The van der Waals surface area contributed by atoms with Gasteiger partial charge in [0.25, 0.3) is 0 Å². The molecule has 0 aromatic carbocycles. The van der Waals surface area contributed by atoms with Crippen LogP contribution in [0.15, 0.2) is 0 Å². The maximum atomic E-state index is 4.32. The lowest BCUT2D eigenvalue weighted by atomic mass is 9.83. The molecule has 1 aliphatic carbocycles. The number of aromatic nitrogens is 2. The van der Waals surface area contributed by atoms with E-state index in [1.54, 1.807) is 11.3 Å². The fourth-order valence-corrected chi connectivity index (χ4v) is 3.20. The Morgan fingerprint density at radius 3 is 2.75 bits per heavy atom. The van der Waals surface area contributed by atoms with Crippen molar-refractivity contribution in [3.8, 4) is 0 Å². The van der Waals surface area contributed by atoms with Gasteiger partial charge in [-0.05, 0) is 18.9 Å². The maximum absolute atomic E-state index is 4.32. The molecule has 3 nitrogen and oxygen atoms in total. The van der Waals surface area contributed by atoms with Gasteiger partial charge >= 0.3 is 0 Å². The molecule has 1 saturated carbocycles. The van der Waals surface area contributed by atoms with Crippen LogP contribution >= 0.6 is 11.3 Å². The minimum absolute atomic E-state index is 0.401. The summed E-state index contributed by atoms with van der Waals surface area (Å²) >= 11 is 1.80. The summed E-state index contributed by atoms with van der Waals surface area (Å²) in [4.78, 5) is 0. The van der Waals surface area contributed by atoms with Crippen molar-refractivity contribution in [3.05, 3.63) is 10.0 Å². The minimum Gasteiger partial charge on any atom is -0.308 e. The van der Waals surface area contributed by atoms with Gasteiger partial charge in [-0.1, -0.05) is 44.4 Å². The van der Waals surface area contributed by atoms with E-state index in [2.05, 4.69) is 29.4 Å². The molecule has 4 heteroatoms. The fraction of sp³-hybridized carbons (Fsp3) is 0.833. The number of hydrogen-bond acceptors (Lipinski definition) is 4. The molecule has 1 fully saturated rings. The lowest BCUT2D eigenvalue weighted by Crippen LogP contribution is -2.19. The summed E-state index contributed by atoms with van der Waals surface area (Å²) < 4.78 is 0. The van der Waals surface area contributed by atoms with Gasteiger partial charge in [-0.25, -0.2) is 0 Å². The zero-order valence-corrected chi connectivity index (χ0v) is 11.0. The van der Waals surface area contributed by atoms with E-state index >= 15 is 0 Å². The van der Waals surface area contributed by atoms with Gasteiger partial charge in [-0.2, -0.15) is 0 Å². The van der Waals surface area contributed by atoms with E-state index in [4.69, 9.17) is 0 Å². The molecular formula is C12H21N3S. The molecule has 16 heavy (non-hydrogen) atoms. The van der Waals surface area contributed by atoms with E-state index in [0.717, 1.165) is 25.3 Å². The Hall–Kier alpha value is -0.480. The van der Waals surface area contributed by atoms with Crippen molar-refractivity contribution in [1.82, 2.24) is 15.5 Å². The molecule has 1 aromatic heterocycles. The average molecular weight is 239 g/mol. The fourth-order valence-electron chi connectivity index (χ4n) is 2.09. The molecule has 1 atom stereocenters. The molecule has 0 aliphatic heterocycles. The van der Waals surface area contributed by atoms with Gasteiger partial charge in [-0.3, -0.25) is 0 Å². The van der Waals surface area contributed by atoms with Crippen molar-refractivity contribution >= 4 is 11.3 Å². The van der Waals surface area contributed by atoms with Crippen LogP contribution in [0.4, 0.5) is 0 Å². The molecule has 0 radical (unpaired) electrons. The Labute approximate surface area is 102 Å². The molecule has 1 heterocycles. The van der Waals surface area contributed by atoms with Gasteiger partial charge in [0.05, 0.1) is 6.04 Å². The monoisotopic (exact) mass is 239 g/mol. The van der Waals surface area contributed by atoms with E-state index in [-0.39, 0.29) is 0 Å². The molecule has 1 aromatic rings. The van der Waals surface area contributed by atoms with Gasteiger partial charge in [0.1, 0.15) is 10.0 Å². The summed E-state index contributed by atoms with van der Waals surface area (Å²) in [5.74, 6) is 0.889. The third-order valence-electron chi connectivity index (χ3n) is 3.33. The second kappa shape index (κ2) is 5.73. The quantitative estimate of drug-likeness (QED) is 0.829. The number of nitrogens with one attached hydrogen (secondary N) is 1. The van der Waals surface area contributed by atoms with Crippen LogP contribution in [-0.4, -0.2) is 16.7 Å². The molecule has 90 valence electrons. The molecule has 2 rings (SSSR count). The maximum Gasteiger partial charge on any atom is 0.134 e. The minimum atomic E-state index is 0.401. The third-order valence-corrected chi connectivity index (χ3v) is 4.39. The van der Waals surface area contributed by atoms with Crippen molar-refractivity contribution in [2.45, 2.75) is 52.0 Å². The molecule has 1 N–H and O–H groups in total. The Morgan fingerprint density at radius 1 is 1.38 bits per heavy atom. The Bertz CT molecular complexity index is 320. The highest BCUT2D eigenvalue weighted by molar-refractivity contribution is 7.11. The van der Waals surface area contributed by atoms with Gasteiger partial charge < -0.3 is 5.32 Å². The third kappa shape index (κ3) is 2.80. The van der Waals surface area contributed by atoms with Crippen LogP contribution in [0.5, 0.6) is 0 Å². The predicted octanol–water partition coefficient (Wildman–Crippen LogP) is 2.94. The molecule has 1 aliphatic rings. The SMILES string of the molecule is CCNC(CC)c1nnc(CC2CCC2)s1. The topological polar surface area (TPSA) is 37.8 Å². The number of hydrogen-bond donors (Lipinski definition) is 1. The molecule has 0 saturated heterocycles. The zero-order valence-electron chi connectivity index (χ0n) is 10.2. The van der Waals surface area contributed by atoms with Crippen LogP contribution in [-0.2, 0) is 6.42 Å². The molecule has 1 unspecified atom stereocenters. The van der Waals surface area contributed by atoms with E-state index in [1.165, 1.54) is 29.3 Å². The van der Waals surface area contributed by atoms with Crippen LogP contribution in [0.1, 0.15) is 55.6 Å². The van der Waals surface area contributed by atoms with Crippen molar-refractivity contribution < 1.29 is 0 Å². The predicted molar refractivity (Wildman–Crippen MR) is 67.7 cm³/mol. The van der Waals surface area contributed by atoms with Crippen molar-refractivity contribution in [3.63, 3.8) is 0 Å². The van der Waals surface area contributed by atoms with Crippen LogP contribution in [0, 0.1) is 5.92 Å². The van der Waals surface area contributed by atoms with Gasteiger partial charge in [-0.15, -0.1) is 10.2 Å². The molecule has 0 amide bonds. The van der Waals surface area contributed by atoms with E-state index in [1.807, 2.05) is 0 Å². The highest BCUT2D eigenvalue weighted by atomic mass is 32.1. The second-order valence-corrected chi connectivity index (χ2v) is 5.65. The first-order valence-electron chi connectivity index (χ1n) is 6.39. The molecule has 0 spiro atoms. The normalized spacial score (nSPS) is 18.4. The van der Waals surface area contributed by atoms with Crippen LogP contribution in [0.3, 0.4) is 0 Å². The summed E-state index contributed by atoms with van der Waals surface area (Å²) in [6.45, 7) is 5.33. The lowest BCUT2D eigenvalue weighted by Gasteiger charge is -2.23. The van der Waals surface area contributed by atoms with E-state index in [9.17, 15) is 0 Å². The van der Waals surface area contributed by atoms with Crippen LogP contribution in [0.25, 0.3) is 0 Å². The van der Waals surface area contributed by atoms with Gasteiger partial charge in [0.2, 0.25) is 0 Å². The second-order valence-electron chi connectivity index (χ2n) is 4.55. The van der Waals surface area contributed by atoms with Crippen molar-refractivity contribution in [2.24, 2.45) is 5.92 Å². The summed E-state index contributed by atoms with van der Waals surface area (Å²) in [6, 6.07) is 0.401. The highest BCUT2D eigenvalue weighted by Crippen LogP contribution is 2.31. The van der Waals surface area contributed by atoms with Crippen LogP contribution < -0.4 is 5.32 Å². The van der Waals surface area contributed by atoms with E-state index in [0.29, 0.717) is 6.04 Å². The largest absolute Gasteiger partial charge is 0.308 e. The first-order chi connectivity index (χ1) is 7.83. The summed E-state index contributed by atoms with van der Waals surface area (Å²) in [5.41, 5.74) is 0. The number of rotatable bonds is 6. The Kier molecular flexibility index (Phi) is 4.29. The summed E-state index contributed by atoms with van der Waals surface area (Å²) in [5, 5.41) is 14.5. The molecule has 0 bridgehead atoms. The lowest BCUT2D eigenvalue weighted by molar-refractivity contribution is 0.313. The van der Waals surface area contributed by atoms with E-state index < -0.39 is 0 Å². The highest BCUT2D eigenvalue weighted by Gasteiger charge is 2.21. The van der Waals surface area contributed by atoms with Gasteiger partial charge in [0, 0.05) is 6.42 Å². The van der Waals surface area contributed by atoms with Crippen molar-refractivity contribution in [2.75, 3.05) is 6.54 Å². The Morgan fingerprint density at radius 2 is 2.19 bits per heavy atom.